The van der Waals surface area contributed by atoms with Gasteiger partial charge in [0.25, 0.3) is 0 Å². The summed E-state index contributed by atoms with van der Waals surface area (Å²) in [6, 6.07) is 0. The van der Waals surface area contributed by atoms with Crippen LogP contribution < -0.4 is 0 Å². The van der Waals surface area contributed by atoms with Gasteiger partial charge >= 0.3 is 19.8 Å². The molecule has 0 aromatic rings. The first-order valence-electron chi connectivity index (χ1n) is 37.6. The van der Waals surface area contributed by atoms with Gasteiger partial charge in [0.05, 0.1) is 27.7 Å². The molecule has 0 fully saturated rings. The van der Waals surface area contributed by atoms with Gasteiger partial charge in [-0.05, 0) is 103 Å². The molecule has 0 aliphatic carbocycles. The van der Waals surface area contributed by atoms with Crippen molar-refractivity contribution in [3.8, 4) is 0 Å². The average Bonchev–Trinajstić information content (AvgIpc) is 3.58. The molecular weight excluding hydrogens is 1130 g/mol. The molecule has 520 valence electrons. The van der Waals surface area contributed by atoms with E-state index in [4.69, 9.17) is 18.5 Å². The number of ether oxygens (including phenoxy) is 2. The van der Waals surface area contributed by atoms with Crippen LogP contribution in [0.1, 0.15) is 335 Å². The fourth-order valence-corrected chi connectivity index (χ4v) is 11.3. The van der Waals surface area contributed by atoms with Crippen molar-refractivity contribution in [3.63, 3.8) is 0 Å². The third-order valence-corrected chi connectivity index (χ3v) is 17.3. The van der Waals surface area contributed by atoms with Crippen LogP contribution >= 0.6 is 7.82 Å². The lowest BCUT2D eigenvalue weighted by Gasteiger charge is -2.24. The topological polar surface area (TPSA) is 108 Å². The fraction of sp³-hybridized carbons (Fsp3) is 0.750. The Balaban J connectivity index is 3.95. The Morgan fingerprint density at radius 3 is 0.944 bits per heavy atom. The first-order chi connectivity index (χ1) is 44.0. The van der Waals surface area contributed by atoms with E-state index in [9.17, 15) is 19.0 Å². The largest absolute Gasteiger partial charge is 0.472 e. The van der Waals surface area contributed by atoms with Crippen LogP contribution in [-0.4, -0.2) is 74.9 Å². The second-order valence-corrected chi connectivity index (χ2v) is 27.8. The number of nitrogens with zero attached hydrogens (tertiary/aromatic N) is 1. The van der Waals surface area contributed by atoms with Crippen molar-refractivity contribution in [2.45, 2.75) is 341 Å². The summed E-state index contributed by atoms with van der Waals surface area (Å²) in [5.41, 5.74) is 0. The first-order valence-corrected chi connectivity index (χ1v) is 39.1. The summed E-state index contributed by atoms with van der Waals surface area (Å²) < 4.78 is 34.7. The molecule has 0 aliphatic rings. The maximum absolute atomic E-state index is 12.9. The third-order valence-electron chi connectivity index (χ3n) is 16.3. The zero-order chi connectivity index (χ0) is 65.5. The van der Waals surface area contributed by atoms with Gasteiger partial charge in [-0.2, -0.15) is 0 Å². The lowest BCUT2D eigenvalue weighted by atomic mass is 10.0. The minimum Gasteiger partial charge on any atom is -0.462 e. The summed E-state index contributed by atoms with van der Waals surface area (Å²) in [4.78, 5) is 35.9. The summed E-state index contributed by atoms with van der Waals surface area (Å²) in [5.74, 6) is -0.807. The van der Waals surface area contributed by atoms with Gasteiger partial charge in [-0.1, -0.05) is 329 Å². The molecule has 2 atom stereocenters. The summed E-state index contributed by atoms with van der Waals surface area (Å²) in [5, 5.41) is 0. The Bertz CT molecular complexity index is 1890. The number of phosphoric ester groups is 1. The van der Waals surface area contributed by atoms with Crippen molar-refractivity contribution in [2.75, 3.05) is 47.5 Å². The standard InChI is InChI=1S/C80H142NO8P/c1-6-8-10-12-14-16-18-20-22-24-26-28-30-32-33-34-35-36-37-38-39-40-41-42-43-44-45-46-47-49-50-52-54-56-58-60-62-64-66-68-70-72-79(82)86-76-78(77-88-90(84,85)87-75-74-81(3,4)5)89-80(83)73-71-69-67-65-63-61-59-57-55-53-51-48-31-29-27-25-23-21-19-17-15-13-11-9-7-2/h9,11,15,17-18,20-21,23-24,26-27,29-30,32,48,51,55,57,78H,6-8,10,12-14,16,19,22,25,28,31,33-47,49-50,52-54,56,58-77H2,1-5H3/p+1/b11-9-,17-15-,20-18-,23-21-,26-24-,29-27-,32-30-,51-48-,57-55-. The number of carbonyl (C=O) groups excluding carboxylic acids is 2. The van der Waals surface area contributed by atoms with Crippen molar-refractivity contribution in [1.82, 2.24) is 0 Å². The van der Waals surface area contributed by atoms with Crippen LogP contribution in [0.5, 0.6) is 0 Å². The second kappa shape index (κ2) is 70.0. The number of phosphoric acid groups is 1. The minimum atomic E-state index is -4.40. The monoisotopic (exact) mass is 1280 g/mol. The predicted octanol–water partition coefficient (Wildman–Crippen LogP) is 24.8. The van der Waals surface area contributed by atoms with E-state index >= 15 is 0 Å². The molecule has 0 saturated carbocycles. The zero-order valence-electron chi connectivity index (χ0n) is 59.4. The summed E-state index contributed by atoms with van der Waals surface area (Å²) in [6.45, 7) is 4.32. The summed E-state index contributed by atoms with van der Waals surface area (Å²) >= 11 is 0. The number of unbranched alkanes of at least 4 members (excludes halogenated alkanes) is 37. The molecule has 10 heteroatoms. The Kier molecular flexibility index (Phi) is 67.4. The molecule has 0 heterocycles. The fourth-order valence-electron chi connectivity index (χ4n) is 10.6. The first kappa shape index (κ1) is 86.7. The van der Waals surface area contributed by atoms with Gasteiger partial charge in [-0.15, -0.1) is 0 Å². The van der Waals surface area contributed by atoms with Crippen molar-refractivity contribution in [2.24, 2.45) is 0 Å². The van der Waals surface area contributed by atoms with Gasteiger partial charge in [-0.3, -0.25) is 18.6 Å². The normalized spacial score (nSPS) is 13.7. The van der Waals surface area contributed by atoms with E-state index in [0.29, 0.717) is 17.4 Å². The predicted molar refractivity (Wildman–Crippen MR) is 390 cm³/mol. The Morgan fingerprint density at radius 2 is 0.633 bits per heavy atom. The van der Waals surface area contributed by atoms with Crippen LogP contribution in [0.15, 0.2) is 109 Å². The van der Waals surface area contributed by atoms with Gasteiger partial charge in [0.2, 0.25) is 0 Å². The van der Waals surface area contributed by atoms with Crippen molar-refractivity contribution < 1.29 is 42.1 Å². The smallest absolute Gasteiger partial charge is 0.462 e. The highest BCUT2D eigenvalue weighted by atomic mass is 31.2. The molecule has 1 N–H and O–H groups in total. The minimum absolute atomic E-state index is 0.0251. The number of quaternary nitrogens is 1. The van der Waals surface area contributed by atoms with Gasteiger partial charge < -0.3 is 18.9 Å². The second-order valence-electron chi connectivity index (χ2n) is 26.3. The van der Waals surface area contributed by atoms with Gasteiger partial charge in [0.1, 0.15) is 19.8 Å². The third kappa shape index (κ3) is 73.7. The molecule has 9 nitrogen and oxygen atoms in total. The molecule has 0 radical (unpaired) electrons. The number of carbonyl (C=O) groups is 2. The number of hydrogen-bond acceptors (Lipinski definition) is 7. The van der Waals surface area contributed by atoms with E-state index in [1.165, 1.54) is 193 Å². The molecular formula is C80H143NO8P+. The number of allylic oxidation sites excluding steroid dienone is 18. The molecule has 2 unspecified atom stereocenters. The van der Waals surface area contributed by atoms with Crippen LogP contribution in [0.4, 0.5) is 0 Å². The zero-order valence-corrected chi connectivity index (χ0v) is 60.2. The van der Waals surface area contributed by atoms with Crippen molar-refractivity contribution >= 4 is 19.8 Å². The summed E-state index contributed by atoms with van der Waals surface area (Å²) in [7, 11) is 1.47. The molecule has 0 rings (SSSR count). The van der Waals surface area contributed by atoms with Crippen LogP contribution in [0, 0.1) is 0 Å². The lowest BCUT2D eigenvalue weighted by Crippen LogP contribution is -2.37. The van der Waals surface area contributed by atoms with Crippen LogP contribution in [0.25, 0.3) is 0 Å². The van der Waals surface area contributed by atoms with Gasteiger partial charge in [-0.25, -0.2) is 4.57 Å². The number of esters is 2. The van der Waals surface area contributed by atoms with E-state index in [2.05, 4.69) is 123 Å². The molecule has 0 saturated heterocycles. The van der Waals surface area contributed by atoms with Crippen LogP contribution in [-0.2, 0) is 32.7 Å². The lowest BCUT2D eigenvalue weighted by molar-refractivity contribution is -0.870. The molecule has 0 spiro atoms. The highest BCUT2D eigenvalue weighted by molar-refractivity contribution is 7.47. The van der Waals surface area contributed by atoms with Gasteiger partial charge in [0.15, 0.2) is 6.10 Å². The SMILES string of the molecule is CC/C=C\C/C=C\C/C=C\C/C=C\C/C=C\C/C=C\CCCCCCCCC(=O)OC(COC(=O)CCCCCCCCCCCCCCCCCCCCCCCCCCCC/C=C\C/C=C\C/C=C\CCCCCCC)COP(=O)(O)OCC[N+](C)(C)C. The maximum Gasteiger partial charge on any atom is 0.472 e. The van der Waals surface area contributed by atoms with E-state index in [-0.39, 0.29) is 32.0 Å². The quantitative estimate of drug-likeness (QED) is 0.0211. The molecule has 90 heavy (non-hydrogen) atoms. The Labute approximate surface area is 556 Å². The molecule has 0 amide bonds. The van der Waals surface area contributed by atoms with Crippen molar-refractivity contribution in [3.05, 3.63) is 109 Å². The molecule has 0 aliphatic heterocycles. The molecule has 0 aromatic heterocycles. The van der Waals surface area contributed by atoms with E-state index in [0.717, 1.165) is 109 Å². The van der Waals surface area contributed by atoms with Crippen LogP contribution in [0.3, 0.4) is 0 Å². The van der Waals surface area contributed by atoms with Gasteiger partial charge in [0, 0.05) is 12.8 Å². The Hall–Kier alpha value is -3.33. The van der Waals surface area contributed by atoms with E-state index in [1.807, 2.05) is 21.1 Å². The highest BCUT2D eigenvalue weighted by Gasteiger charge is 2.27. The van der Waals surface area contributed by atoms with Crippen molar-refractivity contribution in [1.29, 1.82) is 0 Å². The molecule has 0 aromatic carbocycles. The number of likely N-dealkylation sites (N-methyl/N-ethyl adjacent to an activating group) is 1. The number of rotatable bonds is 69. The summed E-state index contributed by atoms with van der Waals surface area (Å²) in [6.07, 6.45) is 99.4. The van der Waals surface area contributed by atoms with E-state index < -0.39 is 26.5 Å². The van der Waals surface area contributed by atoms with E-state index in [1.54, 1.807) is 0 Å². The maximum atomic E-state index is 12.9. The Morgan fingerprint density at radius 1 is 0.356 bits per heavy atom. The number of hydrogen-bond donors (Lipinski definition) is 1. The highest BCUT2D eigenvalue weighted by Crippen LogP contribution is 2.43. The molecule has 0 bridgehead atoms. The van der Waals surface area contributed by atoms with Crippen LogP contribution in [0.2, 0.25) is 0 Å². The average molecular weight is 1280 g/mol.